The predicted octanol–water partition coefficient (Wildman–Crippen LogP) is 5.61. The number of rotatable bonds is 10. The van der Waals surface area contributed by atoms with Crippen molar-refractivity contribution in [3.63, 3.8) is 0 Å². The summed E-state index contributed by atoms with van der Waals surface area (Å²) in [7, 11) is 6.53. The highest BCUT2D eigenvalue weighted by molar-refractivity contribution is 5.59. The molecule has 3 aliphatic rings. The average Bonchev–Trinajstić information content (AvgIpc) is 3.48. The first-order valence-corrected chi connectivity index (χ1v) is 14.1. The van der Waals surface area contributed by atoms with Gasteiger partial charge in [-0.3, -0.25) is 0 Å². The molecule has 0 spiro atoms. The first-order valence-electron chi connectivity index (χ1n) is 14.1. The van der Waals surface area contributed by atoms with E-state index in [1.54, 1.807) is 28.4 Å². The summed E-state index contributed by atoms with van der Waals surface area (Å²) in [6, 6.07) is 15.9. The minimum Gasteiger partial charge on any atom is -0.497 e. The van der Waals surface area contributed by atoms with Gasteiger partial charge in [-0.15, -0.1) is 0 Å². The highest BCUT2D eigenvalue weighted by Crippen LogP contribution is 2.55. The second kappa shape index (κ2) is 11.6. The van der Waals surface area contributed by atoms with Crippen LogP contribution in [-0.2, 0) is 27.2 Å². The van der Waals surface area contributed by atoms with Crippen LogP contribution in [0.2, 0.25) is 0 Å². The topological polar surface area (TPSA) is 83.1 Å². The molecule has 9 nitrogen and oxygen atoms in total. The van der Waals surface area contributed by atoms with E-state index in [-0.39, 0.29) is 31.0 Å². The van der Waals surface area contributed by atoms with E-state index in [4.69, 9.17) is 42.6 Å². The Kier molecular flexibility index (Phi) is 7.83. The summed E-state index contributed by atoms with van der Waals surface area (Å²) < 4.78 is 53.9. The lowest BCUT2D eigenvalue weighted by atomic mass is 9.79. The average molecular weight is 579 g/mol. The fraction of sp³-hybridized carbons (Fsp3) is 0.455. The van der Waals surface area contributed by atoms with E-state index in [2.05, 4.69) is 6.07 Å². The molecule has 3 heterocycles. The molecule has 224 valence electrons. The Bertz CT molecular complexity index is 1420. The Morgan fingerprint density at radius 1 is 0.833 bits per heavy atom. The molecule has 6 rings (SSSR count). The molecule has 0 N–H and O–H groups in total. The van der Waals surface area contributed by atoms with Crippen LogP contribution >= 0.6 is 0 Å². The van der Waals surface area contributed by atoms with Gasteiger partial charge in [0.1, 0.15) is 54.2 Å². The summed E-state index contributed by atoms with van der Waals surface area (Å²) >= 11 is 0. The fourth-order valence-electron chi connectivity index (χ4n) is 6.02. The first kappa shape index (κ1) is 28.5. The zero-order valence-corrected chi connectivity index (χ0v) is 24.9. The van der Waals surface area contributed by atoms with Crippen molar-refractivity contribution in [1.82, 2.24) is 0 Å². The summed E-state index contributed by atoms with van der Waals surface area (Å²) in [5.41, 5.74) is 3.43. The van der Waals surface area contributed by atoms with Gasteiger partial charge in [-0.25, -0.2) is 0 Å². The second-order valence-electron chi connectivity index (χ2n) is 11.2. The lowest BCUT2D eigenvalue weighted by Crippen LogP contribution is -2.43. The lowest BCUT2D eigenvalue weighted by molar-refractivity contribution is -0.149. The highest BCUT2D eigenvalue weighted by Gasteiger charge is 2.48. The molecule has 0 amide bonds. The van der Waals surface area contributed by atoms with Crippen LogP contribution in [0.25, 0.3) is 0 Å². The van der Waals surface area contributed by atoms with E-state index in [9.17, 15) is 0 Å². The van der Waals surface area contributed by atoms with E-state index in [0.29, 0.717) is 31.1 Å². The third kappa shape index (κ3) is 5.10. The minimum absolute atomic E-state index is 0.142. The molecule has 0 saturated heterocycles. The van der Waals surface area contributed by atoms with E-state index >= 15 is 0 Å². The summed E-state index contributed by atoms with van der Waals surface area (Å²) in [5, 5.41) is 0. The molecule has 0 saturated carbocycles. The van der Waals surface area contributed by atoms with E-state index in [1.165, 1.54) is 0 Å². The van der Waals surface area contributed by atoms with Crippen LogP contribution in [0.3, 0.4) is 0 Å². The second-order valence-corrected chi connectivity index (χ2v) is 11.2. The maximum atomic E-state index is 6.80. The van der Waals surface area contributed by atoms with Gasteiger partial charge in [-0.05, 0) is 49.7 Å². The van der Waals surface area contributed by atoms with Gasteiger partial charge in [0.05, 0.1) is 40.0 Å². The molecule has 3 aromatic rings. The Hall–Kier alpha value is -3.66. The fourth-order valence-corrected chi connectivity index (χ4v) is 6.02. The summed E-state index contributed by atoms with van der Waals surface area (Å²) in [6.45, 7) is 4.99. The SMILES string of the molecule is COCOC(C)(C)[C@H]1Cc2c(ccc3c2O[C@@H]2COc4cc(OC)c(OC)cc4[C@@H]2[C@H]3OCc2ccc(OC)cc2)O1. The van der Waals surface area contributed by atoms with Crippen molar-refractivity contribution < 1.29 is 42.6 Å². The van der Waals surface area contributed by atoms with Crippen molar-refractivity contribution in [2.45, 2.75) is 56.7 Å². The Labute approximate surface area is 246 Å². The molecule has 0 fully saturated rings. The van der Waals surface area contributed by atoms with Crippen molar-refractivity contribution in [1.29, 1.82) is 0 Å². The summed E-state index contributed by atoms with van der Waals surface area (Å²) in [5.74, 6) is 4.23. The largest absolute Gasteiger partial charge is 0.497 e. The quantitative estimate of drug-likeness (QED) is 0.285. The third-order valence-corrected chi connectivity index (χ3v) is 8.40. The zero-order valence-electron chi connectivity index (χ0n) is 24.9. The van der Waals surface area contributed by atoms with Crippen molar-refractivity contribution >= 4 is 0 Å². The van der Waals surface area contributed by atoms with Crippen molar-refractivity contribution in [2.75, 3.05) is 41.8 Å². The van der Waals surface area contributed by atoms with Gasteiger partial charge < -0.3 is 42.6 Å². The van der Waals surface area contributed by atoms with Crippen LogP contribution in [-0.4, -0.2) is 59.6 Å². The molecule has 0 unspecified atom stereocenters. The van der Waals surface area contributed by atoms with Crippen molar-refractivity contribution in [3.05, 3.63) is 70.8 Å². The molecule has 4 atom stereocenters. The molecule has 9 heteroatoms. The van der Waals surface area contributed by atoms with E-state index in [1.807, 2.05) is 56.3 Å². The number of hydrogen-bond acceptors (Lipinski definition) is 9. The van der Waals surface area contributed by atoms with Crippen LogP contribution < -0.4 is 28.4 Å². The van der Waals surface area contributed by atoms with Gasteiger partial charge in [0.15, 0.2) is 11.5 Å². The first-order chi connectivity index (χ1) is 20.4. The van der Waals surface area contributed by atoms with Gasteiger partial charge in [-0.1, -0.05) is 12.1 Å². The molecule has 0 radical (unpaired) electrons. The van der Waals surface area contributed by atoms with Crippen LogP contribution in [0, 0.1) is 0 Å². The third-order valence-electron chi connectivity index (χ3n) is 8.40. The Morgan fingerprint density at radius 2 is 1.60 bits per heavy atom. The normalized spacial score (nSPS) is 22.0. The smallest absolute Gasteiger partial charge is 0.164 e. The van der Waals surface area contributed by atoms with Crippen molar-refractivity contribution in [3.8, 4) is 34.5 Å². The molecule has 0 bridgehead atoms. The van der Waals surface area contributed by atoms with Crippen LogP contribution in [0.15, 0.2) is 48.5 Å². The van der Waals surface area contributed by atoms with Gasteiger partial charge in [0, 0.05) is 36.3 Å². The molecule has 42 heavy (non-hydrogen) atoms. The number of ether oxygens (including phenoxy) is 9. The van der Waals surface area contributed by atoms with Gasteiger partial charge >= 0.3 is 0 Å². The molecular weight excluding hydrogens is 540 g/mol. The predicted molar refractivity (Wildman–Crippen MR) is 154 cm³/mol. The molecular formula is C33H38O9. The zero-order chi connectivity index (χ0) is 29.4. The molecule has 3 aliphatic heterocycles. The minimum atomic E-state index is -0.564. The van der Waals surface area contributed by atoms with Gasteiger partial charge in [0.25, 0.3) is 0 Å². The summed E-state index contributed by atoms with van der Waals surface area (Å²) in [4.78, 5) is 0. The van der Waals surface area contributed by atoms with Crippen LogP contribution in [0.1, 0.15) is 48.1 Å². The Morgan fingerprint density at radius 3 is 2.31 bits per heavy atom. The maximum Gasteiger partial charge on any atom is 0.164 e. The van der Waals surface area contributed by atoms with E-state index < -0.39 is 5.60 Å². The number of benzene rings is 3. The number of fused-ring (bicyclic) bond motifs is 6. The molecule has 0 aliphatic carbocycles. The van der Waals surface area contributed by atoms with Gasteiger partial charge in [0.2, 0.25) is 0 Å². The standard InChI is InChI=1S/C33H38O9/c1-33(2,40-18-34-3)29-14-23-24(41-29)12-11-21-31(23)42-28-17-38-25-15-27(37-6)26(36-5)13-22(25)30(28)32(21)39-16-19-7-9-20(35-4)10-8-19/h7-13,15,28-30,32H,14,16-18H2,1-6H3/t28-,29-,30+,32+/m1/s1. The van der Waals surface area contributed by atoms with Crippen LogP contribution in [0.4, 0.5) is 0 Å². The lowest BCUT2D eigenvalue weighted by Gasteiger charge is -2.43. The Balaban J connectivity index is 1.39. The van der Waals surface area contributed by atoms with Crippen LogP contribution in [0.5, 0.6) is 34.5 Å². The molecule has 0 aromatic heterocycles. The van der Waals surface area contributed by atoms with Gasteiger partial charge in [-0.2, -0.15) is 0 Å². The van der Waals surface area contributed by atoms with Crippen molar-refractivity contribution in [2.24, 2.45) is 0 Å². The number of methoxy groups -OCH3 is 4. The monoisotopic (exact) mass is 578 g/mol. The number of hydrogen-bond donors (Lipinski definition) is 0. The molecule has 3 aromatic carbocycles. The maximum absolute atomic E-state index is 6.80. The highest BCUT2D eigenvalue weighted by atomic mass is 16.7. The summed E-state index contributed by atoms with van der Waals surface area (Å²) in [6.07, 6.45) is -0.162. The van der Waals surface area contributed by atoms with E-state index in [0.717, 1.165) is 45.3 Å².